The van der Waals surface area contributed by atoms with Gasteiger partial charge in [-0.3, -0.25) is 9.79 Å². The molecule has 25 heavy (non-hydrogen) atoms. The van der Waals surface area contributed by atoms with Gasteiger partial charge in [0.2, 0.25) is 5.91 Å². The van der Waals surface area contributed by atoms with Gasteiger partial charge in [0.15, 0.2) is 5.96 Å². The number of likely N-dealkylation sites (tertiary alicyclic amines) is 1. The lowest BCUT2D eigenvalue weighted by molar-refractivity contribution is -0.119. The van der Waals surface area contributed by atoms with Crippen molar-refractivity contribution in [2.45, 2.75) is 58.6 Å². The first-order valence-corrected chi connectivity index (χ1v) is 9.89. The van der Waals surface area contributed by atoms with Crippen LogP contribution in [0.3, 0.4) is 0 Å². The third-order valence-corrected chi connectivity index (χ3v) is 6.85. The van der Waals surface area contributed by atoms with Gasteiger partial charge in [0.25, 0.3) is 0 Å². The largest absolute Gasteiger partial charge is 0.377 e. The van der Waals surface area contributed by atoms with Crippen LogP contribution < -0.4 is 10.6 Å². The average Bonchev–Trinajstić information content (AvgIpc) is 3.17. The Morgan fingerprint density at radius 2 is 2.32 bits per heavy atom. The summed E-state index contributed by atoms with van der Waals surface area (Å²) < 4.78 is 5.93. The van der Waals surface area contributed by atoms with Gasteiger partial charge in [0, 0.05) is 62.0 Å². The van der Waals surface area contributed by atoms with Crippen LogP contribution in [0.2, 0.25) is 0 Å². The summed E-state index contributed by atoms with van der Waals surface area (Å²) in [6, 6.07) is 0.423. The van der Waals surface area contributed by atoms with Gasteiger partial charge in [-0.1, -0.05) is 13.8 Å². The van der Waals surface area contributed by atoms with Crippen LogP contribution in [0.25, 0.3) is 0 Å². The Morgan fingerprint density at radius 1 is 1.48 bits per heavy atom. The number of amides is 1. The Kier molecular flexibility index (Phi) is 4.21. The topological polar surface area (TPSA) is 66.0 Å². The van der Waals surface area contributed by atoms with Crippen LogP contribution in [0.4, 0.5) is 0 Å². The number of nitrogens with one attached hydrogen (secondary N) is 2. The van der Waals surface area contributed by atoms with E-state index in [0.717, 1.165) is 58.0 Å². The standard InChI is InChI=1S/C19H32N4O2/c1-4-20-17(22-15-13-6-9-25-16(13)18(15,2)3)23-8-5-7-19(12-23)10-14(24)21-11-19/h13,15-16H,4-12H2,1-3H3,(H,20,22)(H,21,24). The summed E-state index contributed by atoms with van der Waals surface area (Å²) in [5, 5.41) is 6.83. The second kappa shape index (κ2) is 6.15. The molecule has 4 unspecified atom stereocenters. The van der Waals surface area contributed by atoms with Crippen LogP contribution in [0.15, 0.2) is 4.99 Å². The molecule has 0 radical (unpaired) electrons. The number of carbonyl (C=O) groups is 1. The number of fused-ring (bicyclic) bond motifs is 1. The lowest BCUT2D eigenvalue weighted by Gasteiger charge is -2.55. The van der Waals surface area contributed by atoms with E-state index < -0.39 is 0 Å². The molecule has 1 saturated carbocycles. The molecule has 1 amide bonds. The highest BCUT2D eigenvalue weighted by molar-refractivity contribution is 5.82. The highest BCUT2D eigenvalue weighted by Gasteiger charge is 2.59. The van der Waals surface area contributed by atoms with Gasteiger partial charge in [-0.15, -0.1) is 0 Å². The molecule has 140 valence electrons. The molecule has 2 N–H and O–H groups in total. The maximum atomic E-state index is 11.8. The van der Waals surface area contributed by atoms with Gasteiger partial charge in [-0.25, -0.2) is 0 Å². The van der Waals surface area contributed by atoms with Gasteiger partial charge in [0.1, 0.15) is 0 Å². The number of hydrogen-bond acceptors (Lipinski definition) is 3. The SMILES string of the molecule is CCN=C(NC1C2CCOC2C1(C)C)N1CCCC2(CNC(=O)C2)C1. The van der Waals surface area contributed by atoms with Crippen LogP contribution in [0, 0.1) is 16.7 Å². The maximum Gasteiger partial charge on any atom is 0.220 e. The zero-order chi connectivity index (χ0) is 17.7. The summed E-state index contributed by atoms with van der Waals surface area (Å²) in [5.41, 5.74) is 0.244. The van der Waals surface area contributed by atoms with E-state index in [-0.39, 0.29) is 16.7 Å². The molecule has 3 saturated heterocycles. The van der Waals surface area contributed by atoms with Crippen molar-refractivity contribution in [3.05, 3.63) is 0 Å². The number of nitrogens with zero attached hydrogens (tertiary/aromatic N) is 2. The molecule has 0 bridgehead atoms. The number of piperidine rings is 1. The summed E-state index contributed by atoms with van der Waals surface area (Å²) in [6.07, 6.45) is 4.46. The van der Waals surface area contributed by atoms with Gasteiger partial charge in [-0.05, 0) is 26.2 Å². The minimum Gasteiger partial charge on any atom is -0.377 e. The Labute approximate surface area is 150 Å². The maximum absolute atomic E-state index is 11.8. The van der Waals surface area contributed by atoms with E-state index in [9.17, 15) is 4.79 Å². The summed E-state index contributed by atoms with van der Waals surface area (Å²) in [4.78, 5) is 19.0. The second-order valence-corrected chi connectivity index (χ2v) is 8.96. The summed E-state index contributed by atoms with van der Waals surface area (Å²) in [7, 11) is 0. The third-order valence-electron chi connectivity index (χ3n) is 6.85. The second-order valence-electron chi connectivity index (χ2n) is 8.96. The number of ether oxygens (including phenoxy) is 1. The van der Waals surface area contributed by atoms with Crippen LogP contribution >= 0.6 is 0 Å². The van der Waals surface area contributed by atoms with Gasteiger partial charge >= 0.3 is 0 Å². The van der Waals surface area contributed by atoms with E-state index in [2.05, 4.69) is 36.3 Å². The van der Waals surface area contributed by atoms with Gasteiger partial charge in [0.05, 0.1) is 6.10 Å². The first-order valence-electron chi connectivity index (χ1n) is 9.89. The molecule has 0 aromatic rings. The molecule has 0 aromatic carbocycles. The fourth-order valence-corrected chi connectivity index (χ4v) is 5.57. The van der Waals surface area contributed by atoms with Crippen molar-refractivity contribution in [3.8, 4) is 0 Å². The molecule has 6 heteroatoms. The molecule has 1 spiro atoms. The van der Waals surface area contributed by atoms with Gasteiger partial charge in [-0.2, -0.15) is 0 Å². The van der Waals surface area contributed by atoms with E-state index >= 15 is 0 Å². The summed E-state index contributed by atoms with van der Waals surface area (Å²) >= 11 is 0. The Morgan fingerprint density at radius 3 is 3.04 bits per heavy atom. The molecule has 6 nitrogen and oxygen atoms in total. The van der Waals surface area contributed by atoms with Crippen LogP contribution in [0.1, 0.15) is 46.5 Å². The molecule has 4 rings (SSSR count). The third kappa shape index (κ3) is 2.82. The zero-order valence-corrected chi connectivity index (χ0v) is 15.8. The lowest BCUT2D eigenvalue weighted by Crippen LogP contribution is -2.68. The molecular formula is C19H32N4O2. The Hall–Kier alpha value is -1.30. The molecule has 0 aromatic heterocycles. The number of carbonyl (C=O) groups excluding carboxylic acids is 1. The summed E-state index contributed by atoms with van der Waals surface area (Å²) in [5.74, 6) is 1.84. The zero-order valence-electron chi connectivity index (χ0n) is 15.8. The predicted octanol–water partition coefficient (Wildman–Crippen LogP) is 1.37. The van der Waals surface area contributed by atoms with Gasteiger partial charge < -0.3 is 20.3 Å². The van der Waals surface area contributed by atoms with Crippen molar-refractivity contribution < 1.29 is 9.53 Å². The average molecular weight is 348 g/mol. The van der Waals surface area contributed by atoms with Crippen LogP contribution in [0.5, 0.6) is 0 Å². The number of guanidine groups is 1. The fraction of sp³-hybridized carbons (Fsp3) is 0.895. The van der Waals surface area contributed by atoms with E-state index in [1.54, 1.807) is 0 Å². The molecular weight excluding hydrogens is 316 g/mol. The van der Waals surface area contributed by atoms with Crippen molar-refractivity contribution >= 4 is 11.9 Å². The monoisotopic (exact) mass is 348 g/mol. The van der Waals surface area contributed by atoms with E-state index in [1.807, 2.05) is 0 Å². The number of hydrogen-bond donors (Lipinski definition) is 2. The molecule has 1 aliphatic carbocycles. The Balaban J connectivity index is 1.48. The van der Waals surface area contributed by atoms with Crippen molar-refractivity contribution in [3.63, 3.8) is 0 Å². The van der Waals surface area contributed by atoms with E-state index in [1.165, 1.54) is 0 Å². The minimum absolute atomic E-state index is 0.0969. The van der Waals surface area contributed by atoms with Crippen molar-refractivity contribution in [2.24, 2.45) is 21.7 Å². The molecule has 3 aliphatic heterocycles. The number of aliphatic imine (C=N–C) groups is 1. The van der Waals surface area contributed by atoms with Crippen molar-refractivity contribution in [2.75, 3.05) is 32.8 Å². The molecule has 3 heterocycles. The van der Waals surface area contributed by atoms with Crippen molar-refractivity contribution in [1.29, 1.82) is 0 Å². The minimum atomic E-state index is 0.0969. The number of rotatable bonds is 2. The Bertz CT molecular complexity index is 576. The first-order chi connectivity index (χ1) is 12.0. The fourth-order valence-electron chi connectivity index (χ4n) is 5.57. The van der Waals surface area contributed by atoms with Crippen LogP contribution in [-0.2, 0) is 9.53 Å². The normalized spacial score (nSPS) is 40.0. The highest BCUT2D eigenvalue weighted by Crippen LogP contribution is 2.52. The first kappa shape index (κ1) is 17.1. The van der Waals surface area contributed by atoms with Crippen molar-refractivity contribution in [1.82, 2.24) is 15.5 Å². The van der Waals surface area contributed by atoms with E-state index in [0.29, 0.717) is 24.5 Å². The van der Waals surface area contributed by atoms with E-state index in [4.69, 9.17) is 9.73 Å². The quantitative estimate of drug-likeness (QED) is 0.584. The van der Waals surface area contributed by atoms with Crippen LogP contribution in [-0.4, -0.2) is 61.7 Å². The summed E-state index contributed by atoms with van der Waals surface area (Å²) in [6.45, 7) is 11.1. The molecule has 4 fully saturated rings. The lowest BCUT2D eigenvalue weighted by atomic mass is 9.57. The predicted molar refractivity (Wildman–Crippen MR) is 97.4 cm³/mol. The highest BCUT2D eigenvalue weighted by atomic mass is 16.5. The molecule has 4 aliphatic rings. The smallest absolute Gasteiger partial charge is 0.220 e. The molecule has 4 atom stereocenters.